The second kappa shape index (κ2) is 7.97. The van der Waals surface area contributed by atoms with Crippen molar-refractivity contribution in [3.05, 3.63) is 70.7 Å². The van der Waals surface area contributed by atoms with E-state index in [-0.39, 0.29) is 5.76 Å². The van der Waals surface area contributed by atoms with Crippen molar-refractivity contribution >= 4 is 40.1 Å². The van der Waals surface area contributed by atoms with Crippen LogP contribution in [0.1, 0.15) is 24.5 Å². The Morgan fingerprint density at radius 1 is 1.09 bits per heavy atom. The van der Waals surface area contributed by atoms with Gasteiger partial charge in [0, 0.05) is 12.1 Å². The maximum absolute atomic E-state index is 10.8. The maximum atomic E-state index is 10.8. The predicted molar refractivity (Wildman–Crippen MR) is 98.2 cm³/mol. The Morgan fingerprint density at radius 2 is 1.73 bits per heavy atom. The van der Waals surface area contributed by atoms with Crippen LogP contribution in [0.2, 0.25) is 5.02 Å². The van der Waals surface area contributed by atoms with E-state index in [4.69, 9.17) is 23.8 Å². The number of nitrogens with one attached hydrogen (secondary N) is 1. The second-order valence-electron chi connectivity index (χ2n) is 4.83. The summed E-state index contributed by atoms with van der Waals surface area (Å²) >= 11 is 11.7. The van der Waals surface area contributed by atoms with Crippen molar-refractivity contribution in [3.63, 3.8) is 0 Å². The molecule has 0 saturated carbocycles. The summed E-state index contributed by atoms with van der Waals surface area (Å²) in [5.74, 6) is 0.0883. The summed E-state index contributed by atoms with van der Waals surface area (Å²) in [5, 5.41) is 14.4. The molecule has 0 amide bonds. The fourth-order valence-electron chi connectivity index (χ4n) is 2.10. The molecule has 0 bridgehead atoms. The lowest BCUT2D eigenvalue weighted by molar-refractivity contribution is 0.514. The van der Waals surface area contributed by atoms with E-state index >= 15 is 0 Å². The van der Waals surface area contributed by atoms with Crippen LogP contribution in [0, 0.1) is 0 Å². The lowest BCUT2D eigenvalue weighted by Gasteiger charge is -2.15. The molecule has 0 spiro atoms. The van der Waals surface area contributed by atoms with Crippen LogP contribution >= 0.6 is 23.8 Å². The minimum Gasteiger partial charge on any atom is -0.507 e. The molecule has 0 fully saturated rings. The molecule has 2 nitrogen and oxygen atoms in total. The van der Waals surface area contributed by atoms with E-state index in [0.29, 0.717) is 21.1 Å². The minimum atomic E-state index is 0.0883. The smallest absolute Gasteiger partial charge is 0.135 e. The first-order valence-electron chi connectivity index (χ1n) is 7.17. The SMILES string of the molecule is CCCNC(=S)/C(=C(\O)c1ccccc1Cl)c1ccccc1. The molecule has 2 aromatic rings. The topological polar surface area (TPSA) is 32.3 Å². The Morgan fingerprint density at radius 3 is 2.36 bits per heavy atom. The molecular formula is C18H18ClNOS. The van der Waals surface area contributed by atoms with Gasteiger partial charge in [-0.2, -0.15) is 0 Å². The van der Waals surface area contributed by atoms with Crippen molar-refractivity contribution in [1.29, 1.82) is 0 Å². The summed E-state index contributed by atoms with van der Waals surface area (Å²) in [7, 11) is 0. The summed E-state index contributed by atoms with van der Waals surface area (Å²) in [6.07, 6.45) is 0.953. The number of hydrogen-bond donors (Lipinski definition) is 2. The average molecular weight is 332 g/mol. The molecule has 0 aliphatic carbocycles. The largest absolute Gasteiger partial charge is 0.507 e. The van der Waals surface area contributed by atoms with Crippen molar-refractivity contribution in [2.24, 2.45) is 0 Å². The standard InChI is InChI=1S/C18H18ClNOS/c1-2-12-20-18(22)16(13-8-4-3-5-9-13)17(21)14-10-6-7-11-15(14)19/h3-11,21H,2,12H2,1H3,(H,20,22)/b17-16-. The summed E-state index contributed by atoms with van der Waals surface area (Å²) in [6, 6.07) is 16.8. The fourth-order valence-corrected chi connectivity index (χ4v) is 2.64. The third-order valence-corrected chi connectivity index (χ3v) is 3.87. The van der Waals surface area contributed by atoms with E-state index in [0.717, 1.165) is 18.5 Å². The molecule has 0 aromatic heterocycles. The van der Waals surface area contributed by atoms with E-state index in [9.17, 15) is 5.11 Å². The summed E-state index contributed by atoms with van der Waals surface area (Å²) in [4.78, 5) is 0.519. The molecule has 4 heteroatoms. The van der Waals surface area contributed by atoms with E-state index in [1.54, 1.807) is 12.1 Å². The van der Waals surface area contributed by atoms with Gasteiger partial charge >= 0.3 is 0 Å². The minimum absolute atomic E-state index is 0.0883. The molecule has 2 N–H and O–H groups in total. The molecule has 2 rings (SSSR count). The first kappa shape index (κ1) is 16.5. The van der Waals surface area contributed by atoms with Gasteiger partial charge in [0.15, 0.2) is 0 Å². The van der Waals surface area contributed by atoms with Crippen molar-refractivity contribution in [2.45, 2.75) is 13.3 Å². The molecule has 22 heavy (non-hydrogen) atoms. The molecule has 0 atom stereocenters. The third kappa shape index (κ3) is 3.87. The Kier molecular flexibility index (Phi) is 5.99. The number of aliphatic hydroxyl groups is 1. The summed E-state index contributed by atoms with van der Waals surface area (Å²) < 4.78 is 0. The number of thiocarbonyl (C=S) groups is 1. The van der Waals surface area contributed by atoms with Gasteiger partial charge in [0.2, 0.25) is 0 Å². The van der Waals surface area contributed by atoms with Gasteiger partial charge in [0.1, 0.15) is 10.7 Å². The highest BCUT2D eigenvalue weighted by Gasteiger charge is 2.16. The van der Waals surface area contributed by atoms with E-state index in [1.807, 2.05) is 42.5 Å². The van der Waals surface area contributed by atoms with Gasteiger partial charge in [-0.15, -0.1) is 0 Å². The third-order valence-electron chi connectivity index (χ3n) is 3.19. The number of hydrogen-bond acceptors (Lipinski definition) is 2. The van der Waals surface area contributed by atoms with Crippen LogP contribution in [0.25, 0.3) is 11.3 Å². The van der Waals surface area contributed by atoms with Crippen LogP contribution in [0.4, 0.5) is 0 Å². The zero-order valence-electron chi connectivity index (χ0n) is 12.3. The van der Waals surface area contributed by atoms with E-state index in [1.165, 1.54) is 0 Å². The Hall–Kier alpha value is -1.84. The lowest BCUT2D eigenvalue weighted by Crippen LogP contribution is -2.24. The predicted octanol–water partition coefficient (Wildman–Crippen LogP) is 5.09. The zero-order valence-corrected chi connectivity index (χ0v) is 13.9. The summed E-state index contributed by atoms with van der Waals surface area (Å²) in [6.45, 7) is 2.82. The zero-order chi connectivity index (χ0) is 15.9. The number of halogens is 1. The maximum Gasteiger partial charge on any atom is 0.135 e. The van der Waals surface area contributed by atoms with Gasteiger partial charge in [-0.05, 0) is 24.1 Å². The number of rotatable bonds is 5. The molecule has 0 heterocycles. The van der Waals surface area contributed by atoms with Gasteiger partial charge in [-0.3, -0.25) is 0 Å². The van der Waals surface area contributed by atoms with Crippen molar-refractivity contribution in [2.75, 3.05) is 6.54 Å². The highest BCUT2D eigenvalue weighted by atomic mass is 35.5. The summed E-state index contributed by atoms with van der Waals surface area (Å²) in [5.41, 5.74) is 2.02. The van der Waals surface area contributed by atoms with Gasteiger partial charge in [0.05, 0.1) is 10.6 Å². The molecule has 114 valence electrons. The van der Waals surface area contributed by atoms with Crippen LogP contribution in [-0.4, -0.2) is 16.6 Å². The van der Waals surface area contributed by atoms with Crippen LogP contribution < -0.4 is 5.32 Å². The normalized spacial score (nSPS) is 11.7. The molecule has 0 unspecified atom stereocenters. The average Bonchev–Trinajstić information content (AvgIpc) is 2.54. The van der Waals surface area contributed by atoms with Gasteiger partial charge in [-0.25, -0.2) is 0 Å². The Balaban J connectivity index is 2.55. The molecule has 0 saturated heterocycles. The second-order valence-corrected chi connectivity index (χ2v) is 5.64. The quantitative estimate of drug-likeness (QED) is 0.346. The monoisotopic (exact) mass is 331 g/mol. The van der Waals surface area contributed by atoms with Crippen LogP contribution in [0.15, 0.2) is 54.6 Å². The van der Waals surface area contributed by atoms with E-state index < -0.39 is 0 Å². The molecule has 0 aliphatic heterocycles. The molecule has 2 aromatic carbocycles. The van der Waals surface area contributed by atoms with Crippen LogP contribution in [0.3, 0.4) is 0 Å². The van der Waals surface area contributed by atoms with Gasteiger partial charge < -0.3 is 10.4 Å². The molecule has 0 radical (unpaired) electrons. The van der Waals surface area contributed by atoms with Crippen LogP contribution in [0.5, 0.6) is 0 Å². The van der Waals surface area contributed by atoms with Crippen molar-refractivity contribution in [1.82, 2.24) is 5.32 Å². The highest BCUT2D eigenvalue weighted by molar-refractivity contribution is 7.81. The molecule has 0 aliphatic rings. The first-order valence-corrected chi connectivity index (χ1v) is 7.95. The highest BCUT2D eigenvalue weighted by Crippen LogP contribution is 2.29. The van der Waals surface area contributed by atoms with Crippen molar-refractivity contribution < 1.29 is 5.11 Å². The number of aliphatic hydroxyl groups excluding tert-OH is 1. The fraction of sp³-hybridized carbons (Fsp3) is 0.167. The molecular weight excluding hydrogens is 314 g/mol. The van der Waals surface area contributed by atoms with Gasteiger partial charge in [0.25, 0.3) is 0 Å². The van der Waals surface area contributed by atoms with Crippen LogP contribution in [-0.2, 0) is 0 Å². The van der Waals surface area contributed by atoms with E-state index in [2.05, 4.69) is 12.2 Å². The Bertz CT molecular complexity index is 682. The van der Waals surface area contributed by atoms with Gasteiger partial charge in [-0.1, -0.05) is 73.2 Å². The van der Waals surface area contributed by atoms with Crippen molar-refractivity contribution in [3.8, 4) is 0 Å². The Labute approximate surface area is 141 Å². The lowest BCUT2D eigenvalue weighted by atomic mass is 10.0. The number of benzene rings is 2. The first-order chi connectivity index (χ1) is 10.6.